The zero-order chi connectivity index (χ0) is 18.3. The Labute approximate surface area is 135 Å². The molecule has 4 nitrogen and oxygen atoms in total. The Balaban J connectivity index is 2.63. The minimum Gasteiger partial charge on any atom is -0.491 e. The molecule has 9 heteroatoms. The molecule has 2 rings (SSSR count). The van der Waals surface area contributed by atoms with Gasteiger partial charge in [0.1, 0.15) is 6.04 Å². The lowest BCUT2D eigenvalue weighted by Gasteiger charge is -2.37. The van der Waals surface area contributed by atoms with Crippen LogP contribution in [0.3, 0.4) is 0 Å². The van der Waals surface area contributed by atoms with E-state index in [2.05, 4.69) is 0 Å². The van der Waals surface area contributed by atoms with Crippen LogP contribution in [0.1, 0.15) is 13.3 Å². The third kappa shape index (κ3) is 2.45. The quantitative estimate of drug-likeness (QED) is 0.784. The monoisotopic (exact) mass is 350 g/mol. The molecular formula is C15H15F5N2O2. The van der Waals surface area contributed by atoms with E-state index in [1.807, 2.05) is 0 Å². The van der Waals surface area contributed by atoms with Crippen molar-refractivity contribution in [3.8, 4) is 11.8 Å². The van der Waals surface area contributed by atoms with Crippen LogP contribution in [0.25, 0.3) is 0 Å². The van der Waals surface area contributed by atoms with Gasteiger partial charge in [-0.1, -0.05) is 0 Å². The number of anilines is 1. The Bertz CT molecular complexity index is 673. The number of ether oxygens (including phenoxy) is 2. The van der Waals surface area contributed by atoms with E-state index in [1.54, 1.807) is 6.07 Å². The maximum atomic E-state index is 13.9. The van der Waals surface area contributed by atoms with Gasteiger partial charge in [0, 0.05) is 13.5 Å². The summed E-state index contributed by atoms with van der Waals surface area (Å²) >= 11 is 0. The second-order valence-electron chi connectivity index (χ2n) is 5.44. The first-order valence-corrected chi connectivity index (χ1v) is 6.96. The molecule has 1 aliphatic rings. The summed E-state index contributed by atoms with van der Waals surface area (Å²) in [7, 11) is 1.97. The van der Waals surface area contributed by atoms with E-state index < -0.39 is 47.7 Å². The number of hydrogen-bond donors (Lipinski definition) is 0. The van der Waals surface area contributed by atoms with E-state index in [-0.39, 0.29) is 5.69 Å². The SMILES string of the molecule is COc1c(N2C(C#N)C[C@](OC)(C(F)(F)F)[C@H]2C)ccc(F)c1F. The number of halogens is 5. The summed E-state index contributed by atoms with van der Waals surface area (Å²) in [5.41, 5.74) is -2.75. The molecule has 1 aliphatic heterocycles. The van der Waals surface area contributed by atoms with Crippen molar-refractivity contribution in [1.29, 1.82) is 5.26 Å². The molecule has 0 saturated carbocycles. The lowest BCUT2D eigenvalue weighted by Crippen LogP contribution is -2.55. The van der Waals surface area contributed by atoms with Crippen LogP contribution in [-0.2, 0) is 4.74 Å². The summed E-state index contributed by atoms with van der Waals surface area (Å²) in [5, 5.41) is 9.27. The van der Waals surface area contributed by atoms with Crippen LogP contribution >= 0.6 is 0 Å². The van der Waals surface area contributed by atoms with E-state index in [4.69, 9.17) is 9.47 Å². The summed E-state index contributed by atoms with van der Waals surface area (Å²) in [6.45, 7) is 1.22. The molecule has 0 spiro atoms. The van der Waals surface area contributed by atoms with Crippen LogP contribution < -0.4 is 9.64 Å². The molecule has 1 unspecified atom stereocenters. The first-order valence-electron chi connectivity index (χ1n) is 6.96. The third-order valence-electron chi connectivity index (χ3n) is 4.43. The molecule has 0 aromatic heterocycles. The van der Waals surface area contributed by atoms with Crippen LogP contribution in [0.4, 0.5) is 27.6 Å². The van der Waals surface area contributed by atoms with Gasteiger partial charge in [-0.25, -0.2) is 4.39 Å². The van der Waals surface area contributed by atoms with Crippen LogP contribution in [-0.4, -0.2) is 38.1 Å². The summed E-state index contributed by atoms with van der Waals surface area (Å²) in [4.78, 5) is 1.05. The molecule has 24 heavy (non-hydrogen) atoms. The van der Waals surface area contributed by atoms with Gasteiger partial charge in [-0.15, -0.1) is 0 Å². The largest absolute Gasteiger partial charge is 0.491 e. The maximum absolute atomic E-state index is 13.9. The Morgan fingerprint density at radius 1 is 1.29 bits per heavy atom. The number of hydrogen-bond acceptors (Lipinski definition) is 4. The molecule has 1 aromatic rings. The van der Waals surface area contributed by atoms with Crippen LogP contribution in [0.5, 0.6) is 5.75 Å². The molecule has 1 fully saturated rings. The molecule has 3 atom stereocenters. The Kier molecular flexibility index (Phi) is 4.63. The zero-order valence-corrected chi connectivity index (χ0v) is 13.1. The number of alkyl halides is 3. The molecule has 0 N–H and O–H groups in total. The van der Waals surface area contributed by atoms with Crippen molar-refractivity contribution >= 4 is 5.69 Å². The van der Waals surface area contributed by atoms with E-state index in [0.29, 0.717) is 0 Å². The lowest BCUT2D eigenvalue weighted by atomic mass is 9.93. The van der Waals surface area contributed by atoms with Gasteiger partial charge in [0.05, 0.1) is 24.9 Å². The molecular weight excluding hydrogens is 335 g/mol. The number of benzene rings is 1. The van der Waals surface area contributed by atoms with E-state index >= 15 is 0 Å². The molecule has 1 aromatic carbocycles. The fourth-order valence-corrected chi connectivity index (χ4v) is 3.18. The molecule has 0 amide bonds. The Morgan fingerprint density at radius 3 is 2.38 bits per heavy atom. The van der Waals surface area contributed by atoms with Gasteiger partial charge in [-0.05, 0) is 19.1 Å². The van der Waals surface area contributed by atoms with Gasteiger partial charge in [0.15, 0.2) is 17.2 Å². The predicted molar refractivity (Wildman–Crippen MR) is 74.7 cm³/mol. The predicted octanol–water partition coefficient (Wildman–Crippen LogP) is 3.41. The van der Waals surface area contributed by atoms with Gasteiger partial charge in [0.2, 0.25) is 5.82 Å². The highest BCUT2D eigenvalue weighted by molar-refractivity contribution is 5.63. The molecule has 132 valence electrons. The normalized spacial score (nSPS) is 27.2. The fourth-order valence-electron chi connectivity index (χ4n) is 3.18. The van der Waals surface area contributed by atoms with Crippen molar-refractivity contribution in [3.05, 3.63) is 23.8 Å². The number of nitrogens with zero attached hydrogens (tertiary/aromatic N) is 2. The van der Waals surface area contributed by atoms with Crippen LogP contribution in [0.15, 0.2) is 12.1 Å². The Hall–Kier alpha value is -2.08. The second kappa shape index (κ2) is 6.09. The summed E-state index contributed by atoms with van der Waals surface area (Å²) in [6.07, 6.45) is -5.41. The summed E-state index contributed by atoms with van der Waals surface area (Å²) in [5.74, 6) is -3.10. The topological polar surface area (TPSA) is 45.5 Å². The van der Waals surface area contributed by atoms with Crippen molar-refractivity contribution in [2.24, 2.45) is 0 Å². The second-order valence-corrected chi connectivity index (χ2v) is 5.44. The Morgan fingerprint density at radius 2 is 1.92 bits per heavy atom. The number of nitriles is 1. The van der Waals surface area contributed by atoms with Gasteiger partial charge in [-0.2, -0.15) is 22.8 Å². The molecule has 0 radical (unpaired) electrons. The average Bonchev–Trinajstić information content (AvgIpc) is 2.82. The minimum atomic E-state index is -4.75. The van der Waals surface area contributed by atoms with Gasteiger partial charge in [-0.3, -0.25) is 0 Å². The highest BCUT2D eigenvalue weighted by Crippen LogP contribution is 2.50. The van der Waals surface area contributed by atoms with Gasteiger partial charge >= 0.3 is 6.18 Å². The van der Waals surface area contributed by atoms with E-state index in [9.17, 15) is 27.2 Å². The highest BCUT2D eigenvalue weighted by Gasteiger charge is 2.66. The van der Waals surface area contributed by atoms with Crippen molar-refractivity contribution in [1.82, 2.24) is 0 Å². The first-order chi connectivity index (χ1) is 11.1. The maximum Gasteiger partial charge on any atom is 0.419 e. The van der Waals surface area contributed by atoms with Crippen LogP contribution in [0.2, 0.25) is 0 Å². The summed E-state index contributed by atoms with van der Waals surface area (Å²) < 4.78 is 77.6. The van der Waals surface area contributed by atoms with Crippen molar-refractivity contribution in [2.45, 2.75) is 37.2 Å². The minimum absolute atomic E-state index is 0.140. The molecule has 1 saturated heterocycles. The highest BCUT2D eigenvalue weighted by atomic mass is 19.4. The first kappa shape index (κ1) is 18.3. The lowest BCUT2D eigenvalue weighted by molar-refractivity contribution is -0.270. The molecule has 1 heterocycles. The van der Waals surface area contributed by atoms with Crippen molar-refractivity contribution in [3.63, 3.8) is 0 Å². The molecule has 0 bridgehead atoms. The van der Waals surface area contributed by atoms with Crippen LogP contribution in [0, 0.1) is 23.0 Å². The van der Waals surface area contributed by atoms with E-state index in [1.165, 1.54) is 6.92 Å². The standard InChI is InChI=1S/C15H15F5N2O2/c1-8-14(24-3,15(18,19)20)6-9(7-21)22(8)11-5-4-10(16)12(17)13(11)23-2/h4-5,8-9H,6H2,1-3H3/t8-,9?,14-/m1/s1. The third-order valence-corrected chi connectivity index (χ3v) is 4.43. The van der Waals surface area contributed by atoms with Gasteiger partial charge in [0.25, 0.3) is 0 Å². The number of rotatable bonds is 3. The number of methoxy groups -OCH3 is 2. The average molecular weight is 350 g/mol. The molecule has 0 aliphatic carbocycles. The van der Waals surface area contributed by atoms with Crippen molar-refractivity contribution < 1.29 is 31.4 Å². The van der Waals surface area contributed by atoms with Crippen molar-refractivity contribution in [2.75, 3.05) is 19.1 Å². The van der Waals surface area contributed by atoms with E-state index in [0.717, 1.165) is 31.3 Å². The van der Waals surface area contributed by atoms with Gasteiger partial charge < -0.3 is 14.4 Å². The smallest absolute Gasteiger partial charge is 0.419 e. The summed E-state index contributed by atoms with van der Waals surface area (Å²) in [6, 6.07) is 1.01. The fraction of sp³-hybridized carbons (Fsp3) is 0.533. The zero-order valence-electron chi connectivity index (χ0n) is 13.1.